The molecule has 0 aromatic carbocycles. The second-order valence-corrected chi connectivity index (χ2v) is 4.86. The molecule has 0 aliphatic rings. The summed E-state index contributed by atoms with van der Waals surface area (Å²) in [5, 5.41) is 0. The van der Waals surface area contributed by atoms with Crippen LogP contribution >= 0.6 is 0 Å². The van der Waals surface area contributed by atoms with Crippen LogP contribution in [0.5, 0.6) is 0 Å². The minimum atomic E-state index is 0.0398. The van der Waals surface area contributed by atoms with Crippen molar-refractivity contribution < 1.29 is 4.79 Å². The fourth-order valence-electron chi connectivity index (χ4n) is 1.89. The SMILES string of the molecule is Cc1cccc(Cn2ccc(C(=O)C(C)C)c2)n1. The monoisotopic (exact) mass is 242 g/mol. The molecule has 2 aromatic heterocycles. The Morgan fingerprint density at radius 3 is 2.78 bits per heavy atom. The number of aryl methyl sites for hydroxylation is 1. The topological polar surface area (TPSA) is 34.9 Å². The van der Waals surface area contributed by atoms with Gasteiger partial charge in [0.05, 0.1) is 12.2 Å². The Morgan fingerprint density at radius 1 is 1.33 bits per heavy atom. The first-order chi connectivity index (χ1) is 8.56. The maximum atomic E-state index is 11.8. The molecule has 3 heteroatoms. The lowest BCUT2D eigenvalue weighted by Crippen LogP contribution is -2.06. The lowest BCUT2D eigenvalue weighted by molar-refractivity contribution is 0.0939. The van der Waals surface area contributed by atoms with Crippen LogP contribution in [-0.2, 0) is 6.54 Å². The van der Waals surface area contributed by atoms with Crippen molar-refractivity contribution in [2.45, 2.75) is 27.3 Å². The Kier molecular flexibility index (Phi) is 3.60. The normalized spacial score (nSPS) is 10.9. The molecule has 0 fully saturated rings. The molecule has 0 saturated carbocycles. The van der Waals surface area contributed by atoms with Gasteiger partial charge < -0.3 is 4.57 Å². The van der Waals surface area contributed by atoms with Crippen molar-refractivity contribution in [2.24, 2.45) is 5.92 Å². The molecule has 0 bridgehead atoms. The highest BCUT2D eigenvalue weighted by Gasteiger charge is 2.11. The van der Waals surface area contributed by atoms with Crippen LogP contribution in [0.1, 0.15) is 35.6 Å². The summed E-state index contributed by atoms with van der Waals surface area (Å²) in [6.45, 7) is 6.52. The lowest BCUT2D eigenvalue weighted by atomic mass is 10.0. The molecule has 0 aliphatic heterocycles. The van der Waals surface area contributed by atoms with E-state index in [1.165, 1.54) is 0 Å². The third-order valence-corrected chi connectivity index (χ3v) is 2.85. The number of rotatable bonds is 4. The molecule has 0 unspecified atom stereocenters. The van der Waals surface area contributed by atoms with Gasteiger partial charge >= 0.3 is 0 Å². The zero-order chi connectivity index (χ0) is 13.1. The quantitative estimate of drug-likeness (QED) is 0.772. The molecule has 0 aliphatic carbocycles. The number of ketones is 1. The van der Waals surface area contributed by atoms with Gasteiger partial charge in [-0.25, -0.2) is 0 Å². The number of hydrogen-bond donors (Lipinski definition) is 0. The average Bonchev–Trinajstić information content (AvgIpc) is 2.76. The second kappa shape index (κ2) is 5.17. The zero-order valence-electron chi connectivity index (χ0n) is 11.1. The Balaban J connectivity index is 2.14. The summed E-state index contributed by atoms with van der Waals surface area (Å²) in [6, 6.07) is 7.85. The average molecular weight is 242 g/mol. The van der Waals surface area contributed by atoms with Crippen LogP contribution in [0.4, 0.5) is 0 Å². The van der Waals surface area contributed by atoms with Crippen molar-refractivity contribution in [2.75, 3.05) is 0 Å². The molecule has 0 saturated heterocycles. The van der Waals surface area contributed by atoms with Gasteiger partial charge in [-0.15, -0.1) is 0 Å². The van der Waals surface area contributed by atoms with E-state index in [1.54, 1.807) is 0 Å². The van der Waals surface area contributed by atoms with E-state index >= 15 is 0 Å². The first-order valence-electron chi connectivity index (χ1n) is 6.19. The maximum absolute atomic E-state index is 11.8. The van der Waals surface area contributed by atoms with Crippen LogP contribution in [0.25, 0.3) is 0 Å². The summed E-state index contributed by atoms with van der Waals surface area (Å²) in [4.78, 5) is 16.3. The summed E-state index contributed by atoms with van der Waals surface area (Å²) < 4.78 is 2.00. The molecule has 2 aromatic rings. The molecule has 2 rings (SSSR count). The second-order valence-electron chi connectivity index (χ2n) is 4.86. The van der Waals surface area contributed by atoms with Crippen LogP contribution in [0.15, 0.2) is 36.7 Å². The van der Waals surface area contributed by atoms with E-state index in [1.807, 2.05) is 62.0 Å². The summed E-state index contributed by atoms with van der Waals surface area (Å²) >= 11 is 0. The number of hydrogen-bond acceptors (Lipinski definition) is 2. The minimum Gasteiger partial charge on any atom is -0.348 e. The van der Waals surface area contributed by atoms with Crippen LogP contribution in [0, 0.1) is 12.8 Å². The van der Waals surface area contributed by atoms with Crippen molar-refractivity contribution in [1.82, 2.24) is 9.55 Å². The molecule has 0 amide bonds. The predicted octanol–water partition coefficient (Wildman–Crippen LogP) is 3.08. The van der Waals surface area contributed by atoms with E-state index in [9.17, 15) is 4.79 Å². The third kappa shape index (κ3) is 2.86. The van der Waals surface area contributed by atoms with Gasteiger partial charge in [-0.3, -0.25) is 9.78 Å². The number of pyridine rings is 1. The van der Waals surface area contributed by atoms with E-state index < -0.39 is 0 Å². The van der Waals surface area contributed by atoms with E-state index in [-0.39, 0.29) is 11.7 Å². The largest absolute Gasteiger partial charge is 0.348 e. The standard InChI is InChI=1S/C15H18N2O/c1-11(2)15(18)13-7-8-17(9-13)10-14-6-4-5-12(3)16-14/h4-9,11H,10H2,1-3H3. The molecule has 0 radical (unpaired) electrons. The van der Waals surface area contributed by atoms with Gasteiger partial charge in [-0.05, 0) is 25.1 Å². The Hall–Kier alpha value is -1.90. The molecular formula is C15H18N2O. The summed E-state index contributed by atoms with van der Waals surface area (Å²) in [5.74, 6) is 0.226. The van der Waals surface area contributed by atoms with Gasteiger partial charge in [-0.2, -0.15) is 0 Å². The molecule has 3 nitrogen and oxygen atoms in total. The van der Waals surface area contributed by atoms with Crippen LogP contribution in [-0.4, -0.2) is 15.3 Å². The number of Topliss-reactive ketones (excluding diaryl/α,β-unsaturated/α-hetero) is 1. The van der Waals surface area contributed by atoms with Gasteiger partial charge in [0.15, 0.2) is 5.78 Å². The Morgan fingerprint density at radius 2 is 2.11 bits per heavy atom. The number of nitrogens with zero attached hydrogens (tertiary/aromatic N) is 2. The van der Waals surface area contributed by atoms with Crippen molar-refractivity contribution >= 4 is 5.78 Å². The smallest absolute Gasteiger partial charge is 0.166 e. The first kappa shape index (κ1) is 12.6. The van der Waals surface area contributed by atoms with Gasteiger partial charge in [0.25, 0.3) is 0 Å². The zero-order valence-corrected chi connectivity index (χ0v) is 11.1. The van der Waals surface area contributed by atoms with Gasteiger partial charge in [0.2, 0.25) is 0 Å². The molecule has 0 spiro atoms. The molecular weight excluding hydrogens is 224 g/mol. The molecule has 0 N–H and O–H groups in total. The van der Waals surface area contributed by atoms with E-state index in [4.69, 9.17) is 0 Å². The van der Waals surface area contributed by atoms with Gasteiger partial charge in [-0.1, -0.05) is 19.9 Å². The lowest BCUT2D eigenvalue weighted by Gasteiger charge is -2.03. The Labute approximate surface area is 107 Å². The van der Waals surface area contributed by atoms with Crippen LogP contribution in [0.3, 0.4) is 0 Å². The van der Waals surface area contributed by atoms with Crippen LogP contribution in [0.2, 0.25) is 0 Å². The van der Waals surface area contributed by atoms with Gasteiger partial charge in [0, 0.05) is 29.6 Å². The van der Waals surface area contributed by atoms with E-state index in [0.29, 0.717) is 6.54 Å². The van der Waals surface area contributed by atoms with Crippen molar-refractivity contribution in [1.29, 1.82) is 0 Å². The molecule has 94 valence electrons. The molecule has 0 atom stereocenters. The molecule has 18 heavy (non-hydrogen) atoms. The number of carbonyl (C=O) groups is 1. The van der Waals surface area contributed by atoms with Crippen molar-refractivity contribution in [3.63, 3.8) is 0 Å². The number of aromatic nitrogens is 2. The number of carbonyl (C=O) groups excluding carboxylic acids is 1. The fourth-order valence-corrected chi connectivity index (χ4v) is 1.89. The summed E-state index contributed by atoms with van der Waals surface area (Å²) in [7, 11) is 0. The first-order valence-corrected chi connectivity index (χ1v) is 6.19. The minimum absolute atomic E-state index is 0.0398. The summed E-state index contributed by atoms with van der Waals surface area (Å²) in [6.07, 6.45) is 3.83. The third-order valence-electron chi connectivity index (χ3n) is 2.85. The van der Waals surface area contributed by atoms with Gasteiger partial charge in [0.1, 0.15) is 0 Å². The maximum Gasteiger partial charge on any atom is 0.166 e. The summed E-state index contributed by atoms with van der Waals surface area (Å²) in [5.41, 5.74) is 2.80. The highest BCUT2D eigenvalue weighted by molar-refractivity contribution is 5.97. The van der Waals surface area contributed by atoms with E-state index in [0.717, 1.165) is 17.0 Å². The van der Waals surface area contributed by atoms with Crippen molar-refractivity contribution in [3.8, 4) is 0 Å². The predicted molar refractivity (Wildman–Crippen MR) is 71.7 cm³/mol. The highest BCUT2D eigenvalue weighted by atomic mass is 16.1. The van der Waals surface area contributed by atoms with Crippen LogP contribution < -0.4 is 0 Å². The Bertz CT molecular complexity index is 555. The fraction of sp³-hybridized carbons (Fsp3) is 0.333. The molecule has 2 heterocycles. The highest BCUT2D eigenvalue weighted by Crippen LogP contribution is 2.10. The van der Waals surface area contributed by atoms with E-state index in [2.05, 4.69) is 4.98 Å². The van der Waals surface area contributed by atoms with Crippen molar-refractivity contribution in [3.05, 3.63) is 53.6 Å².